The number of anilines is 1. The lowest BCUT2D eigenvalue weighted by atomic mass is 9.94. The molecule has 4 heterocycles. The molecule has 0 aliphatic carbocycles. The average molecular weight is 481 g/mol. The Kier molecular flexibility index (Phi) is 5.10. The van der Waals surface area contributed by atoms with Gasteiger partial charge in [-0.15, -0.1) is 0 Å². The molecular weight excluding hydrogens is 463 g/mol. The number of aromatic nitrogens is 4. The summed E-state index contributed by atoms with van der Waals surface area (Å²) >= 11 is 0. The van der Waals surface area contributed by atoms with Crippen LogP contribution in [0.3, 0.4) is 0 Å². The van der Waals surface area contributed by atoms with Crippen molar-refractivity contribution < 1.29 is 22.7 Å². The number of carbonyl (C=O) groups is 1. The number of nitrogens with two attached hydrogens (primary N) is 1. The number of alkyl halides is 3. The Balaban J connectivity index is 1.59. The summed E-state index contributed by atoms with van der Waals surface area (Å²) in [6, 6.07) is 5.27. The van der Waals surface area contributed by atoms with Crippen molar-refractivity contribution in [2.24, 2.45) is 0 Å². The number of hydrogen-bond donors (Lipinski definition) is 1. The number of ether oxygens (including phenoxy) is 1. The van der Waals surface area contributed by atoms with Gasteiger partial charge in [0.25, 0.3) is 5.91 Å². The fraction of sp³-hybridized carbons (Fsp3) is 0.261. The molecule has 3 aromatic heterocycles. The van der Waals surface area contributed by atoms with Crippen molar-refractivity contribution in [2.45, 2.75) is 25.2 Å². The quantitative estimate of drug-likeness (QED) is 0.464. The number of halogens is 3. The van der Waals surface area contributed by atoms with Gasteiger partial charge in [0.05, 0.1) is 53.4 Å². The first kappa shape index (κ1) is 22.5. The fourth-order valence-electron chi connectivity index (χ4n) is 4.33. The minimum Gasteiger partial charge on any atom is -0.382 e. The number of rotatable bonds is 2. The van der Waals surface area contributed by atoms with Crippen LogP contribution in [0.25, 0.3) is 16.6 Å². The van der Waals surface area contributed by atoms with Crippen LogP contribution in [-0.2, 0) is 10.9 Å². The van der Waals surface area contributed by atoms with E-state index in [1.54, 1.807) is 11.3 Å². The van der Waals surface area contributed by atoms with Crippen molar-refractivity contribution in [1.29, 1.82) is 5.26 Å². The Hall–Kier alpha value is -4.24. The number of nitrogens with zero attached hydrogens (tertiary/aromatic N) is 6. The van der Waals surface area contributed by atoms with Gasteiger partial charge in [-0.05, 0) is 30.7 Å². The van der Waals surface area contributed by atoms with E-state index in [0.29, 0.717) is 27.7 Å². The maximum atomic E-state index is 13.6. The molecule has 35 heavy (non-hydrogen) atoms. The molecule has 0 radical (unpaired) electrons. The summed E-state index contributed by atoms with van der Waals surface area (Å²) in [6.45, 7) is 1.70. The van der Waals surface area contributed by atoms with E-state index in [4.69, 9.17) is 10.5 Å². The summed E-state index contributed by atoms with van der Waals surface area (Å²) in [4.78, 5) is 26.9. The number of likely N-dealkylation sites (N-methyl/N-ethyl adjacent to an activating group) is 1. The molecule has 178 valence electrons. The van der Waals surface area contributed by atoms with E-state index in [-0.39, 0.29) is 23.6 Å². The highest BCUT2D eigenvalue weighted by Crippen LogP contribution is 2.38. The van der Waals surface area contributed by atoms with Crippen LogP contribution in [0, 0.1) is 11.3 Å². The third kappa shape index (κ3) is 3.60. The van der Waals surface area contributed by atoms with Gasteiger partial charge >= 0.3 is 6.18 Å². The summed E-state index contributed by atoms with van der Waals surface area (Å²) in [5.41, 5.74) is 7.37. The van der Waals surface area contributed by atoms with E-state index in [9.17, 15) is 23.2 Å². The van der Waals surface area contributed by atoms with Gasteiger partial charge in [0.1, 0.15) is 23.1 Å². The van der Waals surface area contributed by atoms with Crippen molar-refractivity contribution in [3.8, 4) is 6.07 Å². The molecular formula is C23H18F3N7O2. The second kappa shape index (κ2) is 7.92. The number of benzene rings is 1. The highest BCUT2D eigenvalue weighted by molar-refractivity contribution is 6.01. The Morgan fingerprint density at radius 2 is 2.03 bits per heavy atom. The van der Waals surface area contributed by atoms with Crippen LogP contribution in [-0.4, -0.2) is 43.8 Å². The highest BCUT2D eigenvalue weighted by atomic mass is 19.4. The maximum absolute atomic E-state index is 13.6. The molecule has 9 nitrogen and oxygen atoms in total. The van der Waals surface area contributed by atoms with Crippen LogP contribution in [0.15, 0.2) is 36.9 Å². The number of hydrogen-bond acceptors (Lipinski definition) is 7. The average Bonchev–Trinajstić information content (AvgIpc) is 3.33. The van der Waals surface area contributed by atoms with Crippen LogP contribution >= 0.6 is 0 Å². The number of amides is 1. The maximum Gasteiger partial charge on any atom is 0.433 e. The third-order valence-corrected chi connectivity index (χ3v) is 6.21. The van der Waals surface area contributed by atoms with E-state index in [2.05, 4.69) is 15.0 Å². The van der Waals surface area contributed by atoms with E-state index in [1.165, 1.54) is 36.6 Å². The van der Waals surface area contributed by atoms with Crippen LogP contribution in [0.5, 0.6) is 0 Å². The number of imidazole rings is 1. The molecule has 0 spiro atoms. The topological polar surface area (TPSA) is 122 Å². The lowest BCUT2D eigenvalue weighted by molar-refractivity contribution is -0.141. The number of carbonyl (C=O) groups excluding carboxylic acids is 1. The zero-order valence-electron chi connectivity index (χ0n) is 18.5. The van der Waals surface area contributed by atoms with Gasteiger partial charge in [0.2, 0.25) is 0 Å². The van der Waals surface area contributed by atoms with Gasteiger partial charge < -0.3 is 15.4 Å². The van der Waals surface area contributed by atoms with Gasteiger partial charge in [-0.2, -0.15) is 18.4 Å². The SMILES string of the molecule is C[C@H]1OC[C@@H](N(C)C(=O)c2cc3c(cc2C#N)nc(N)c2cncn23)c2cnc(C(F)(F)F)cc21. The van der Waals surface area contributed by atoms with Crippen molar-refractivity contribution in [1.82, 2.24) is 24.3 Å². The van der Waals surface area contributed by atoms with Crippen LogP contribution in [0.4, 0.5) is 19.0 Å². The largest absolute Gasteiger partial charge is 0.433 e. The van der Waals surface area contributed by atoms with Crippen molar-refractivity contribution >= 4 is 28.3 Å². The first-order chi connectivity index (χ1) is 16.6. The lowest BCUT2D eigenvalue weighted by Crippen LogP contribution is -2.37. The van der Waals surface area contributed by atoms with E-state index < -0.39 is 29.9 Å². The standard InChI is InChI=1S/C23H18F3N7O2/c1-11-13-5-20(23(24,25)26)30-7-15(13)19(9-35-11)32(2)22(34)14-4-17-16(3-12(14)6-27)31-21(28)18-8-29-10-33(17)18/h3-5,7-8,10-11,19H,9H2,1-2H3,(H2,28,31)/t11-,19-/m1/s1. The van der Waals surface area contributed by atoms with Crippen molar-refractivity contribution in [3.05, 3.63) is 64.9 Å². The molecule has 2 atom stereocenters. The molecule has 1 aromatic carbocycles. The Labute approximate surface area is 196 Å². The highest BCUT2D eigenvalue weighted by Gasteiger charge is 2.37. The molecule has 0 fully saturated rings. The number of pyridine rings is 1. The lowest BCUT2D eigenvalue weighted by Gasteiger charge is -2.36. The molecule has 0 unspecified atom stereocenters. The van der Waals surface area contributed by atoms with Gasteiger partial charge in [0, 0.05) is 18.8 Å². The number of nitrogen functional groups attached to an aromatic ring is 1. The molecule has 5 rings (SSSR count). The van der Waals surface area contributed by atoms with Gasteiger partial charge in [-0.3, -0.25) is 14.2 Å². The Bertz CT molecular complexity index is 1540. The van der Waals surface area contributed by atoms with E-state index in [0.717, 1.165) is 12.3 Å². The van der Waals surface area contributed by atoms with Crippen molar-refractivity contribution in [2.75, 3.05) is 19.4 Å². The van der Waals surface area contributed by atoms with Crippen LogP contribution in [0.1, 0.15) is 51.8 Å². The minimum atomic E-state index is -4.60. The van der Waals surface area contributed by atoms with E-state index in [1.807, 2.05) is 6.07 Å². The molecule has 4 aromatic rings. The molecule has 1 amide bonds. The normalized spacial score (nSPS) is 17.8. The zero-order chi connectivity index (χ0) is 25.1. The van der Waals surface area contributed by atoms with Gasteiger partial charge in [-0.1, -0.05) is 0 Å². The monoisotopic (exact) mass is 481 g/mol. The number of nitriles is 1. The van der Waals surface area contributed by atoms with Gasteiger partial charge in [0.15, 0.2) is 0 Å². The first-order valence-electron chi connectivity index (χ1n) is 10.5. The second-order valence-corrected chi connectivity index (χ2v) is 8.25. The molecule has 2 N–H and O–H groups in total. The molecule has 0 saturated heterocycles. The predicted molar refractivity (Wildman–Crippen MR) is 118 cm³/mol. The van der Waals surface area contributed by atoms with Crippen LogP contribution < -0.4 is 5.73 Å². The summed E-state index contributed by atoms with van der Waals surface area (Å²) in [5.74, 6) is -0.284. The summed E-state index contributed by atoms with van der Waals surface area (Å²) < 4.78 is 46.9. The Morgan fingerprint density at radius 3 is 2.74 bits per heavy atom. The molecule has 0 bridgehead atoms. The summed E-state index contributed by atoms with van der Waals surface area (Å²) in [5, 5.41) is 9.72. The first-order valence-corrected chi connectivity index (χ1v) is 10.5. The molecule has 0 saturated carbocycles. The smallest absolute Gasteiger partial charge is 0.382 e. The fourth-order valence-corrected chi connectivity index (χ4v) is 4.33. The second-order valence-electron chi connectivity index (χ2n) is 8.25. The summed E-state index contributed by atoms with van der Waals surface area (Å²) in [7, 11) is 1.51. The summed E-state index contributed by atoms with van der Waals surface area (Å²) in [6.07, 6.45) is -1.01. The molecule has 1 aliphatic heterocycles. The molecule has 1 aliphatic rings. The van der Waals surface area contributed by atoms with Crippen molar-refractivity contribution in [3.63, 3.8) is 0 Å². The third-order valence-electron chi connectivity index (χ3n) is 6.21. The van der Waals surface area contributed by atoms with E-state index >= 15 is 0 Å². The number of fused-ring (bicyclic) bond motifs is 4. The molecule has 12 heteroatoms. The van der Waals surface area contributed by atoms with Gasteiger partial charge in [-0.25, -0.2) is 9.97 Å². The Morgan fingerprint density at radius 1 is 1.26 bits per heavy atom. The van der Waals surface area contributed by atoms with Crippen LogP contribution in [0.2, 0.25) is 0 Å². The predicted octanol–water partition coefficient (Wildman–Crippen LogP) is 3.65. The minimum absolute atomic E-state index is 0.0583. The zero-order valence-corrected chi connectivity index (χ0v) is 18.5.